The van der Waals surface area contributed by atoms with Crippen molar-refractivity contribution < 1.29 is 9.90 Å². The highest BCUT2D eigenvalue weighted by Crippen LogP contribution is 1.80. The van der Waals surface area contributed by atoms with E-state index in [0.717, 1.165) is 0 Å². The molecule has 0 aromatic heterocycles. The first-order valence-electron chi connectivity index (χ1n) is 3.24. The van der Waals surface area contributed by atoms with Crippen LogP contribution in [0.1, 0.15) is 13.8 Å². The fourth-order valence-corrected chi connectivity index (χ4v) is 0.420. The van der Waals surface area contributed by atoms with Crippen molar-refractivity contribution in [3.8, 4) is 0 Å². The van der Waals surface area contributed by atoms with Gasteiger partial charge < -0.3 is 16.2 Å². The molecule has 0 fully saturated rings. The summed E-state index contributed by atoms with van der Waals surface area (Å²) < 4.78 is 0. The molecule has 0 spiro atoms. The van der Waals surface area contributed by atoms with Gasteiger partial charge in [0.05, 0.1) is 12.6 Å². The molecule has 0 aromatic rings. The molecule has 4 N–H and O–H groups in total. The molecule has 0 saturated heterocycles. The standard InChI is InChI=1S/C6H14N2O2/c1-4(3-9)8-6(10)5(2)7/h4-5,9H,3,7H2,1-2H3,(H,8,10)/t4-,5+/m0/s1. The predicted octanol–water partition coefficient (Wildman–Crippen LogP) is -1.17. The van der Waals surface area contributed by atoms with E-state index in [1.54, 1.807) is 13.8 Å². The Balaban J connectivity index is 3.57. The molecule has 1 amide bonds. The first-order valence-corrected chi connectivity index (χ1v) is 3.24. The van der Waals surface area contributed by atoms with E-state index >= 15 is 0 Å². The molecule has 0 unspecified atom stereocenters. The average molecular weight is 146 g/mol. The Hall–Kier alpha value is -0.610. The highest BCUT2D eigenvalue weighted by Gasteiger charge is 2.09. The van der Waals surface area contributed by atoms with E-state index in [0.29, 0.717) is 0 Å². The molecule has 0 radical (unpaired) electrons. The van der Waals surface area contributed by atoms with Crippen LogP contribution in [0.25, 0.3) is 0 Å². The summed E-state index contributed by atoms with van der Waals surface area (Å²) in [6.45, 7) is 3.25. The highest BCUT2D eigenvalue weighted by molar-refractivity contribution is 5.81. The SMILES string of the molecule is C[C@@H](CO)NC(=O)[C@@H](C)N. The summed E-state index contributed by atoms with van der Waals surface area (Å²) in [7, 11) is 0. The molecule has 0 aromatic carbocycles. The van der Waals surface area contributed by atoms with Crippen LogP contribution in [0.3, 0.4) is 0 Å². The Morgan fingerprint density at radius 3 is 2.50 bits per heavy atom. The van der Waals surface area contributed by atoms with Crippen LogP contribution >= 0.6 is 0 Å². The van der Waals surface area contributed by atoms with Gasteiger partial charge in [-0.15, -0.1) is 0 Å². The van der Waals surface area contributed by atoms with Crippen LogP contribution in [0, 0.1) is 0 Å². The molecule has 0 heterocycles. The molecule has 4 nitrogen and oxygen atoms in total. The third kappa shape index (κ3) is 3.42. The maximum Gasteiger partial charge on any atom is 0.236 e. The fourth-order valence-electron chi connectivity index (χ4n) is 0.420. The summed E-state index contributed by atoms with van der Waals surface area (Å²) in [5, 5.41) is 11.0. The van der Waals surface area contributed by atoms with Gasteiger partial charge in [0.15, 0.2) is 0 Å². The zero-order chi connectivity index (χ0) is 8.15. The number of aliphatic hydroxyl groups excluding tert-OH is 1. The molecule has 0 aliphatic heterocycles. The van der Waals surface area contributed by atoms with Gasteiger partial charge in [-0.3, -0.25) is 4.79 Å². The van der Waals surface area contributed by atoms with Gasteiger partial charge in [0, 0.05) is 6.04 Å². The maximum absolute atomic E-state index is 10.8. The van der Waals surface area contributed by atoms with Crippen molar-refractivity contribution in [1.82, 2.24) is 5.32 Å². The minimum absolute atomic E-state index is 0.0571. The monoisotopic (exact) mass is 146 g/mol. The van der Waals surface area contributed by atoms with Gasteiger partial charge in [-0.2, -0.15) is 0 Å². The van der Waals surface area contributed by atoms with Gasteiger partial charge in [0.2, 0.25) is 5.91 Å². The second-order valence-corrected chi connectivity index (χ2v) is 2.38. The van der Waals surface area contributed by atoms with E-state index in [1.807, 2.05) is 0 Å². The lowest BCUT2D eigenvalue weighted by atomic mass is 10.3. The van der Waals surface area contributed by atoms with Gasteiger partial charge in [0.1, 0.15) is 0 Å². The van der Waals surface area contributed by atoms with E-state index in [1.165, 1.54) is 0 Å². The van der Waals surface area contributed by atoms with Gasteiger partial charge in [-0.25, -0.2) is 0 Å². The summed E-state index contributed by atoms with van der Waals surface area (Å²) in [6, 6.07) is -0.715. The molecule has 0 bridgehead atoms. The summed E-state index contributed by atoms with van der Waals surface area (Å²) in [5.41, 5.74) is 5.25. The van der Waals surface area contributed by atoms with Crippen LogP contribution in [-0.2, 0) is 4.79 Å². The minimum Gasteiger partial charge on any atom is -0.394 e. The van der Waals surface area contributed by atoms with Crippen molar-refractivity contribution in [3.05, 3.63) is 0 Å². The smallest absolute Gasteiger partial charge is 0.236 e. The van der Waals surface area contributed by atoms with Crippen LogP contribution in [0.4, 0.5) is 0 Å². The second-order valence-electron chi connectivity index (χ2n) is 2.38. The highest BCUT2D eigenvalue weighted by atomic mass is 16.3. The molecule has 0 saturated carbocycles. The quantitative estimate of drug-likeness (QED) is 0.469. The van der Waals surface area contributed by atoms with E-state index in [-0.39, 0.29) is 18.6 Å². The molecule has 2 atom stereocenters. The number of rotatable bonds is 3. The number of nitrogens with two attached hydrogens (primary N) is 1. The van der Waals surface area contributed by atoms with Gasteiger partial charge in [-0.05, 0) is 13.8 Å². The zero-order valence-electron chi connectivity index (χ0n) is 6.29. The molecular weight excluding hydrogens is 132 g/mol. The molecule has 0 aliphatic rings. The number of aliphatic hydroxyl groups is 1. The summed E-state index contributed by atoms with van der Waals surface area (Å²) >= 11 is 0. The lowest BCUT2D eigenvalue weighted by Gasteiger charge is -2.12. The van der Waals surface area contributed by atoms with E-state index < -0.39 is 6.04 Å². The number of carbonyl (C=O) groups is 1. The first kappa shape index (κ1) is 9.39. The lowest BCUT2D eigenvalue weighted by Crippen LogP contribution is -2.43. The lowest BCUT2D eigenvalue weighted by molar-refractivity contribution is -0.122. The van der Waals surface area contributed by atoms with Crippen molar-refractivity contribution >= 4 is 5.91 Å². The largest absolute Gasteiger partial charge is 0.394 e. The number of hydrogen-bond donors (Lipinski definition) is 3. The van der Waals surface area contributed by atoms with Crippen LogP contribution in [0.5, 0.6) is 0 Å². The Bertz CT molecular complexity index is 114. The van der Waals surface area contributed by atoms with E-state index in [4.69, 9.17) is 10.8 Å². The van der Waals surface area contributed by atoms with Crippen LogP contribution in [-0.4, -0.2) is 29.7 Å². The Morgan fingerprint density at radius 2 is 2.20 bits per heavy atom. The molecule has 4 heteroatoms. The third-order valence-electron chi connectivity index (χ3n) is 1.08. The van der Waals surface area contributed by atoms with Crippen molar-refractivity contribution in [2.75, 3.05) is 6.61 Å². The van der Waals surface area contributed by atoms with Crippen molar-refractivity contribution in [2.24, 2.45) is 5.73 Å². The van der Waals surface area contributed by atoms with Crippen molar-refractivity contribution in [2.45, 2.75) is 25.9 Å². The predicted molar refractivity (Wildman–Crippen MR) is 38.3 cm³/mol. The Morgan fingerprint density at radius 1 is 1.70 bits per heavy atom. The molecular formula is C6H14N2O2. The van der Waals surface area contributed by atoms with Crippen LogP contribution in [0.15, 0.2) is 0 Å². The van der Waals surface area contributed by atoms with Crippen LogP contribution < -0.4 is 11.1 Å². The number of nitrogens with one attached hydrogen (secondary N) is 1. The Labute approximate surface area is 60.4 Å². The molecule has 10 heavy (non-hydrogen) atoms. The van der Waals surface area contributed by atoms with Gasteiger partial charge >= 0.3 is 0 Å². The number of amides is 1. The van der Waals surface area contributed by atoms with E-state index in [9.17, 15) is 4.79 Å². The van der Waals surface area contributed by atoms with E-state index in [2.05, 4.69) is 5.32 Å². The average Bonchev–Trinajstić information content (AvgIpc) is 1.87. The first-order chi connectivity index (χ1) is 4.57. The van der Waals surface area contributed by atoms with Gasteiger partial charge in [0.25, 0.3) is 0 Å². The zero-order valence-corrected chi connectivity index (χ0v) is 6.29. The molecule has 0 rings (SSSR count). The third-order valence-corrected chi connectivity index (χ3v) is 1.08. The maximum atomic E-state index is 10.8. The summed E-state index contributed by atoms with van der Waals surface area (Å²) in [4.78, 5) is 10.8. The normalized spacial score (nSPS) is 16.0. The van der Waals surface area contributed by atoms with Crippen LogP contribution in [0.2, 0.25) is 0 Å². The molecule has 60 valence electrons. The second kappa shape index (κ2) is 4.24. The Kier molecular flexibility index (Phi) is 3.99. The topological polar surface area (TPSA) is 75.3 Å². The molecule has 0 aliphatic carbocycles. The van der Waals surface area contributed by atoms with Crippen molar-refractivity contribution in [1.29, 1.82) is 0 Å². The fraction of sp³-hybridized carbons (Fsp3) is 0.833. The summed E-state index contributed by atoms with van der Waals surface area (Å²) in [6.07, 6.45) is 0. The van der Waals surface area contributed by atoms with Crippen molar-refractivity contribution in [3.63, 3.8) is 0 Å². The summed E-state index contributed by atoms with van der Waals surface area (Å²) in [5.74, 6) is -0.235. The minimum atomic E-state index is -0.506. The van der Waals surface area contributed by atoms with Gasteiger partial charge in [-0.1, -0.05) is 0 Å². The number of carbonyl (C=O) groups excluding carboxylic acids is 1. The number of hydrogen-bond acceptors (Lipinski definition) is 3.